The molecule has 0 radical (unpaired) electrons. The maximum atomic E-state index is 5.18. The van der Waals surface area contributed by atoms with Crippen LogP contribution in [0.3, 0.4) is 0 Å². The Labute approximate surface area is 232 Å². The van der Waals surface area contributed by atoms with Crippen molar-refractivity contribution < 1.29 is 0 Å². The van der Waals surface area contributed by atoms with E-state index in [1.165, 1.54) is 11.9 Å². The Hall–Kier alpha value is -5.03. The number of hydrogen-bond donors (Lipinski definition) is 2. The molecule has 3 N–H and O–H groups in total. The Kier molecular flexibility index (Phi) is 14.8. The monoisotopic (exact) mass is 515 g/mol. The fourth-order valence-electron chi connectivity index (χ4n) is 3.38. The molecule has 4 aromatic carbocycles. The molecule has 0 aliphatic heterocycles. The van der Waals surface area contributed by atoms with Gasteiger partial charge in [0.2, 0.25) is 0 Å². The van der Waals surface area contributed by atoms with Gasteiger partial charge in [-0.25, -0.2) is 0 Å². The average Bonchev–Trinajstić information content (AvgIpc) is 3.02. The van der Waals surface area contributed by atoms with Gasteiger partial charge in [-0.15, -0.1) is 5.10 Å². The van der Waals surface area contributed by atoms with E-state index >= 15 is 0 Å². The molecule has 0 spiro atoms. The molecule has 0 aromatic heterocycles. The van der Waals surface area contributed by atoms with Gasteiger partial charge in [0.25, 0.3) is 0 Å². The number of nitrogens with zero attached hydrogens (tertiary/aromatic N) is 3. The van der Waals surface area contributed by atoms with Crippen LogP contribution in [0.15, 0.2) is 137 Å². The summed E-state index contributed by atoms with van der Waals surface area (Å²) < 4.78 is 0. The van der Waals surface area contributed by atoms with E-state index in [9.17, 15) is 0 Å². The predicted molar refractivity (Wildman–Crippen MR) is 172 cm³/mol. The van der Waals surface area contributed by atoms with Crippen LogP contribution in [0.1, 0.15) is 36.1 Å². The average molecular weight is 516 g/mol. The van der Waals surface area contributed by atoms with E-state index in [4.69, 9.17) is 5.73 Å². The van der Waals surface area contributed by atoms with E-state index in [-0.39, 0.29) is 0 Å². The van der Waals surface area contributed by atoms with Crippen molar-refractivity contribution in [3.8, 4) is 0 Å². The third-order valence-electron chi connectivity index (χ3n) is 5.12. The number of rotatable bonds is 8. The quantitative estimate of drug-likeness (QED) is 0.109. The Morgan fingerprint density at radius 2 is 0.949 bits per heavy atom. The fraction of sp³-hybridized carbons (Fsp3) is 0.0882. The molecule has 198 valence electrons. The first kappa shape index (κ1) is 30.2. The van der Waals surface area contributed by atoms with Gasteiger partial charge in [-0.05, 0) is 34.4 Å². The van der Waals surface area contributed by atoms with Crippen molar-refractivity contribution in [2.45, 2.75) is 13.8 Å². The lowest BCUT2D eigenvalue weighted by atomic mass is 10.0. The molecule has 0 unspecified atom stereocenters. The first-order chi connectivity index (χ1) is 19.3. The zero-order valence-corrected chi connectivity index (χ0v) is 22.9. The summed E-state index contributed by atoms with van der Waals surface area (Å²) in [5.41, 5.74) is 14.5. The van der Waals surface area contributed by atoms with E-state index < -0.39 is 0 Å². The highest BCUT2D eigenvalue weighted by molar-refractivity contribution is 6.16. The highest BCUT2D eigenvalue weighted by atomic mass is 15.3. The molecule has 4 rings (SSSR count). The van der Waals surface area contributed by atoms with Crippen LogP contribution >= 0.6 is 0 Å². The number of hydrogen-bond acceptors (Lipinski definition) is 4. The number of benzene rings is 4. The predicted octanol–water partition coefficient (Wildman–Crippen LogP) is 7.66. The van der Waals surface area contributed by atoms with Crippen LogP contribution in [0.4, 0.5) is 0 Å². The second-order valence-corrected chi connectivity index (χ2v) is 7.74. The molecule has 0 aliphatic rings. The van der Waals surface area contributed by atoms with Crippen molar-refractivity contribution in [2.75, 3.05) is 7.05 Å². The Morgan fingerprint density at radius 3 is 1.33 bits per heavy atom. The van der Waals surface area contributed by atoms with Crippen molar-refractivity contribution >= 4 is 42.1 Å². The van der Waals surface area contributed by atoms with Gasteiger partial charge in [0, 0.05) is 18.2 Å². The zero-order valence-electron chi connectivity index (χ0n) is 22.9. The van der Waals surface area contributed by atoms with Crippen molar-refractivity contribution in [3.63, 3.8) is 0 Å². The van der Waals surface area contributed by atoms with Crippen LogP contribution in [0.2, 0.25) is 0 Å². The summed E-state index contributed by atoms with van der Waals surface area (Å²) in [4.78, 5) is 0. The molecule has 39 heavy (non-hydrogen) atoms. The summed E-state index contributed by atoms with van der Waals surface area (Å²) in [6.07, 6.45) is 8.89. The molecule has 0 heterocycles. The van der Waals surface area contributed by atoms with E-state index in [1.807, 2.05) is 117 Å². The van der Waals surface area contributed by atoms with Gasteiger partial charge in [0.1, 0.15) is 6.34 Å². The van der Waals surface area contributed by atoms with Gasteiger partial charge in [0.05, 0.1) is 12.4 Å². The molecule has 0 saturated heterocycles. The van der Waals surface area contributed by atoms with Crippen LogP contribution in [-0.4, -0.2) is 25.8 Å². The van der Waals surface area contributed by atoms with Crippen LogP contribution in [0.25, 0.3) is 23.3 Å². The third kappa shape index (κ3) is 11.7. The molecule has 4 aromatic rings. The first-order valence-electron chi connectivity index (χ1n) is 12.9. The molecule has 0 aliphatic carbocycles. The van der Waals surface area contributed by atoms with Gasteiger partial charge in [-0.3, -0.25) is 0 Å². The second kappa shape index (κ2) is 19.1. The van der Waals surface area contributed by atoms with E-state index in [1.54, 1.807) is 13.3 Å². The number of hydrazone groups is 1. The number of nitrogens with one attached hydrogen (secondary N) is 1. The van der Waals surface area contributed by atoms with Crippen LogP contribution < -0.4 is 11.2 Å². The highest BCUT2D eigenvalue weighted by Gasteiger charge is 1.99. The maximum Gasteiger partial charge on any atom is 0.108 e. The van der Waals surface area contributed by atoms with Crippen molar-refractivity contribution in [2.24, 2.45) is 21.0 Å². The fourth-order valence-corrected chi connectivity index (χ4v) is 3.38. The van der Waals surface area contributed by atoms with Crippen LogP contribution in [0.5, 0.6) is 0 Å². The Morgan fingerprint density at radius 1 is 0.564 bits per heavy atom. The minimum atomic E-state index is 0.984. The summed E-state index contributed by atoms with van der Waals surface area (Å²) in [6, 6.07) is 40.6. The smallest absolute Gasteiger partial charge is 0.108 e. The van der Waals surface area contributed by atoms with Crippen LogP contribution in [0, 0.1) is 0 Å². The summed E-state index contributed by atoms with van der Waals surface area (Å²) in [5.74, 6) is 0. The van der Waals surface area contributed by atoms with E-state index in [0.717, 1.165) is 27.8 Å². The SMILES string of the molecule is CC.CN/N=C/C(=C/c1ccccc1)c1ccccc1.N\C=N/N=C/C(=C/c1ccccc1)c1ccccc1. The van der Waals surface area contributed by atoms with Crippen molar-refractivity contribution in [1.82, 2.24) is 5.43 Å². The van der Waals surface area contributed by atoms with Crippen LogP contribution in [-0.2, 0) is 0 Å². The molecule has 0 atom stereocenters. The maximum absolute atomic E-state index is 5.18. The molecular formula is C34H37N5. The van der Waals surface area contributed by atoms with Gasteiger partial charge < -0.3 is 11.2 Å². The Balaban J connectivity index is 0.000000258. The largest absolute Gasteiger partial charge is 0.388 e. The molecule has 5 nitrogen and oxygen atoms in total. The third-order valence-corrected chi connectivity index (χ3v) is 5.12. The highest BCUT2D eigenvalue weighted by Crippen LogP contribution is 2.17. The van der Waals surface area contributed by atoms with Gasteiger partial charge in [-0.2, -0.15) is 10.2 Å². The molecule has 5 heteroatoms. The van der Waals surface area contributed by atoms with E-state index in [2.05, 4.69) is 57.1 Å². The normalized spacial score (nSPS) is 11.6. The minimum absolute atomic E-state index is 0.984. The molecule has 0 amide bonds. The topological polar surface area (TPSA) is 75.1 Å². The first-order valence-corrected chi connectivity index (χ1v) is 12.9. The number of allylic oxidation sites excluding steroid dienone is 2. The van der Waals surface area contributed by atoms with Crippen molar-refractivity contribution in [1.29, 1.82) is 0 Å². The van der Waals surface area contributed by atoms with Gasteiger partial charge in [-0.1, -0.05) is 135 Å². The molecule has 0 fully saturated rings. The van der Waals surface area contributed by atoms with Gasteiger partial charge in [0.15, 0.2) is 0 Å². The molecular weight excluding hydrogens is 478 g/mol. The second-order valence-electron chi connectivity index (χ2n) is 7.74. The van der Waals surface area contributed by atoms with E-state index in [0.29, 0.717) is 0 Å². The lowest BCUT2D eigenvalue weighted by molar-refractivity contribution is 0.909. The zero-order chi connectivity index (χ0) is 28.0. The molecule has 0 saturated carbocycles. The lowest BCUT2D eigenvalue weighted by Crippen LogP contribution is -1.95. The summed E-state index contributed by atoms with van der Waals surface area (Å²) in [6.45, 7) is 4.00. The summed E-state index contributed by atoms with van der Waals surface area (Å²) >= 11 is 0. The summed E-state index contributed by atoms with van der Waals surface area (Å²) in [7, 11) is 1.79. The summed E-state index contributed by atoms with van der Waals surface area (Å²) in [5, 5.41) is 11.7. The van der Waals surface area contributed by atoms with Crippen molar-refractivity contribution in [3.05, 3.63) is 144 Å². The Bertz CT molecular complexity index is 1330. The standard InChI is InChI=1S/C16H15N3.C16H16N2.C2H6/c17-13-19-18-12-16(15-9-5-2-6-10-15)11-14-7-3-1-4-8-14;1-17-18-13-16(15-10-6-3-7-11-15)12-14-8-4-2-5-9-14;1-2/h1-13H,(H2,17,19);2-13,17H,1H3;1-2H3/b16-11-,18-12+;16-12-,18-13+;. The number of nitrogens with two attached hydrogens (primary N) is 1. The minimum Gasteiger partial charge on any atom is -0.388 e. The van der Waals surface area contributed by atoms with Gasteiger partial charge >= 0.3 is 0 Å². The molecule has 0 bridgehead atoms. The lowest BCUT2D eigenvalue weighted by Gasteiger charge is -2.02.